The molecule has 0 atom stereocenters. The van der Waals surface area contributed by atoms with E-state index in [2.05, 4.69) is 10.2 Å². The lowest BCUT2D eigenvalue weighted by Crippen LogP contribution is -1.92. The van der Waals surface area contributed by atoms with Crippen LogP contribution in [0.4, 0.5) is 5.69 Å². The summed E-state index contributed by atoms with van der Waals surface area (Å²) in [6, 6.07) is 2.72. The zero-order valence-corrected chi connectivity index (χ0v) is 8.26. The van der Waals surface area contributed by atoms with Crippen LogP contribution in [-0.2, 0) is 0 Å². The summed E-state index contributed by atoms with van der Waals surface area (Å²) in [5.74, 6) is 0.380. The molecule has 0 spiro atoms. The molecule has 0 unspecified atom stereocenters. The summed E-state index contributed by atoms with van der Waals surface area (Å²) in [5, 5.41) is 17.2. The van der Waals surface area contributed by atoms with Crippen molar-refractivity contribution in [1.29, 1.82) is 0 Å². The van der Waals surface area contributed by atoms with Crippen molar-refractivity contribution in [1.82, 2.24) is 10.2 Å². The monoisotopic (exact) mass is 221 g/mol. The summed E-state index contributed by atoms with van der Waals surface area (Å²) in [4.78, 5) is 20.9. The van der Waals surface area contributed by atoms with Gasteiger partial charge in [-0.3, -0.25) is 20.0 Å². The number of H-pyrrole nitrogens is 1. The van der Waals surface area contributed by atoms with Crippen LogP contribution >= 0.6 is 0 Å². The number of nitrogens with zero attached hydrogens (tertiary/aromatic N) is 2. The first-order valence-electron chi connectivity index (χ1n) is 4.33. The zero-order valence-electron chi connectivity index (χ0n) is 8.26. The Labute approximate surface area is 89.2 Å². The summed E-state index contributed by atoms with van der Waals surface area (Å²) in [6.07, 6.45) is 0.488. The van der Waals surface area contributed by atoms with E-state index in [1.165, 1.54) is 19.2 Å². The molecule has 1 aromatic heterocycles. The average Bonchev–Trinajstić information content (AvgIpc) is 2.71. The van der Waals surface area contributed by atoms with Gasteiger partial charge in [0.05, 0.1) is 12.0 Å². The lowest BCUT2D eigenvalue weighted by molar-refractivity contribution is -0.383. The number of carbonyl (C=O) groups is 1. The summed E-state index contributed by atoms with van der Waals surface area (Å²) in [5.41, 5.74) is 0.172. The molecule has 0 saturated heterocycles. The lowest BCUT2D eigenvalue weighted by atomic mass is 10.1. The molecule has 0 aliphatic heterocycles. The van der Waals surface area contributed by atoms with Gasteiger partial charge < -0.3 is 4.74 Å². The van der Waals surface area contributed by atoms with Crippen LogP contribution in [0.3, 0.4) is 0 Å². The molecule has 7 nitrogen and oxygen atoms in total. The number of hydrogen-bond donors (Lipinski definition) is 1. The highest BCUT2D eigenvalue weighted by molar-refractivity contribution is 6.02. The van der Waals surface area contributed by atoms with E-state index in [0.29, 0.717) is 12.0 Å². The van der Waals surface area contributed by atoms with Crippen LogP contribution in [0.5, 0.6) is 5.75 Å². The Hall–Kier alpha value is -2.44. The van der Waals surface area contributed by atoms with Gasteiger partial charge in [-0.1, -0.05) is 0 Å². The Morgan fingerprint density at radius 2 is 2.31 bits per heavy atom. The maximum absolute atomic E-state index is 10.8. The number of carbonyl (C=O) groups excluding carboxylic acids is 1. The van der Waals surface area contributed by atoms with Gasteiger partial charge in [0, 0.05) is 6.07 Å². The highest BCUT2D eigenvalue weighted by atomic mass is 16.6. The number of benzene rings is 1. The Balaban J connectivity index is 2.88. The summed E-state index contributed by atoms with van der Waals surface area (Å²) in [6.45, 7) is 0. The number of aldehydes is 1. The molecule has 0 saturated carbocycles. The fourth-order valence-corrected chi connectivity index (χ4v) is 1.51. The van der Waals surface area contributed by atoms with E-state index < -0.39 is 4.92 Å². The van der Waals surface area contributed by atoms with Crippen LogP contribution in [-0.4, -0.2) is 28.5 Å². The molecule has 0 bridgehead atoms. The highest BCUT2D eigenvalue weighted by Gasteiger charge is 2.20. The molecule has 0 radical (unpaired) electrons. The molecule has 1 aromatic carbocycles. The second kappa shape index (κ2) is 3.61. The standard InChI is InChI=1S/C9H7N3O4/c1-16-7-3-2-6(12(14)15)8-5(4-13)10-11-9(7)8/h2-4H,1H3,(H,10,11). The smallest absolute Gasteiger partial charge is 0.281 e. The van der Waals surface area contributed by atoms with Gasteiger partial charge in [-0.15, -0.1) is 0 Å². The molecule has 16 heavy (non-hydrogen) atoms. The first kappa shape index (κ1) is 10.1. The first-order valence-corrected chi connectivity index (χ1v) is 4.33. The van der Waals surface area contributed by atoms with Crippen molar-refractivity contribution in [3.05, 3.63) is 27.9 Å². The van der Waals surface area contributed by atoms with Crippen LogP contribution < -0.4 is 4.74 Å². The number of nitro groups is 1. The van der Waals surface area contributed by atoms with Gasteiger partial charge in [0.15, 0.2) is 6.29 Å². The molecule has 2 aromatic rings. The number of hydrogen-bond acceptors (Lipinski definition) is 5. The molecule has 7 heteroatoms. The number of aromatic nitrogens is 2. The van der Waals surface area contributed by atoms with Crippen molar-refractivity contribution < 1.29 is 14.5 Å². The third-order valence-corrected chi connectivity index (χ3v) is 2.21. The van der Waals surface area contributed by atoms with Crippen molar-refractivity contribution in [2.45, 2.75) is 0 Å². The maximum Gasteiger partial charge on any atom is 0.281 e. The Kier molecular flexibility index (Phi) is 2.28. The van der Waals surface area contributed by atoms with Crippen molar-refractivity contribution in [3.8, 4) is 5.75 Å². The minimum atomic E-state index is -0.565. The maximum atomic E-state index is 10.8. The third-order valence-electron chi connectivity index (χ3n) is 2.21. The van der Waals surface area contributed by atoms with Crippen molar-refractivity contribution in [2.75, 3.05) is 7.11 Å². The van der Waals surface area contributed by atoms with Gasteiger partial charge in [0.2, 0.25) is 0 Å². The predicted molar refractivity (Wildman–Crippen MR) is 54.7 cm³/mol. The summed E-state index contributed by atoms with van der Waals surface area (Å²) in [7, 11) is 1.43. The average molecular weight is 221 g/mol. The molecule has 1 heterocycles. The quantitative estimate of drug-likeness (QED) is 0.478. The van der Waals surface area contributed by atoms with E-state index in [0.717, 1.165) is 0 Å². The molecule has 0 fully saturated rings. The van der Waals surface area contributed by atoms with Gasteiger partial charge in [-0.25, -0.2) is 0 Å². The van der Waals surface area contributed by atoms with E-state index in [9.17, 15) is 14.9 Å². The van der Waals surface area contributed by atoms with E-state index in [1.54, 1.807) is 0 Å². The van der Waals surface area contributed by atoms with Gasteiger partial charge in [-0.05, 0) is 6.07 Å². The largest absolute Gasteiger partial charge is 0.494 e. The molecule has 0 aliphatic carbocycles. The van der Waals surface area contributed by atoms with Gasteiger partial charge >= 0.3 is 0 Å². The molecule has 1 N–H and O–H groups in total. The number of rotatable bonds is 3. The molecule has 2 rings (SSSR count). The number of aromatic amines is 1. The van der Waals surface area contributed by atoms with Crippen LogP contribution in [0.1, 0.15) is 10.5 Å². The number of nitrogens with one attached hydrogen (secondary N) is 1. The lowest BCUT2D eigenvalue weighted by Gasteiger charge is -2.00. The minimum absolute atomic E-state index is 0.0700. The van der Waals surface area contributed by atoms with E-state index in [-0.39, 0.29) is 22.3 Å². The van der Waals surface area contributed by atoms with Gasteiger partial charge in [0.1, 0.15) is 22.3 Å². The minimum Gasteiger partial charge on any atom is -0.494 e. The fourth-order valence-electron chi connectivity index (χ4n) is 1.51. The Bertz CT molecular complexity index is 575. The second-order valence-electron chi connectivity index (χ2n) is 3.02. The van der Waals surface area contributed by atoms with Crippen LogP contribution in [0.15, 0.2) is 12.1 Å². The molecule has 82 valence electrons. The molecular formula is C9H7N3O4. The summed E-state index contributed by atoms with van der Waals surface area (Å²) < 4.78 is 5.00. The number of non-ortho nitro benzene ring substituents is 1. The summed E-state index contributed by atoms with van der Waals surface area (Å²) >= 11 is 0. The normalized spacial score (nSPS) is 10.3. The molecule has 0 amide bonds. The van der Waals surface area contributed by atoms with Crippen molar-refractivity contribution >= 4 is 22.9 Å². The SMILES string of the molecule is COc1ccc([N+](=O)[O-])c2c(C=O)[nH]nc12. The number of methoxy groups -OCH3 is 1. The number of fused-ring (bicyclic) bond motifs is 1. The van der Waals surface area contributed by atoms with Crippen LogP contribution in [0, 0.1) is 10.1 Å². The Morgan fingerprint density at radius 3 is 2.88 bits per heavy atom. The third kappa shape index (κ3) is 1.29. The van der Waals surface area contributed by atoms with E-state index in [4.69, 9.17) is 4.74 Å². The molecular weight excluding hydrogens is 214 g/mol. The van der Waals surface area contributed by atoms with Gasteiger partial charge in [-0.2, -0.15) is 5.10 Å². The number of nitro benzene ring substituents is 1. The fraction of sp³-hybridized carbons (Fsp3) is 0.111. The topological polar surface area (TPSA) is 98.1 Å². The van der Waals surface area contributed by atoms with Crippen molar-refractivity contribution in [2.24, 2.45) is 0 Å². The predicted octanol–water partition coefficient (Wildman–Crippen LogP) is 1.29. The van der Waals surface area contributed by atoms with Crippen molar-refractivity contribution in [3.63, 3.8) is 0 Å². The van der Waals surface area contributed by atoms with Crippen LogP contribution in [0.25, 0.3) is 10.9 Å². The van der Waals surface area contributed by atoms with Gasteiger partial charge in [0.25, 0.3) is 5.69 Å². The number of ether oxygens (including phenoxy) is 1. The van der Waals surface area contributed by atoms with E-state index in [1.807, 2.05) is 0 Å². The zero-order chi connectivity index (χ0) is 11.7. The second-order valence-corrected chi connectivity index (χ2v) is 3.02. The van der Waals surface area contributed by atoms with Crippen LogP contribution in [0.2, 0.25) is 0 Å². The first-order chi connectivity index (χ1) is 7.69. The highest BCUT2D eigenvalue weighted by Crippen LogP contribution is 2.32. The Morgan fingerprint density at radius 1 is 1.56 bits per heavy atom. The van der Waals surface area contributed by atoms with E-state index >= 15 is 0 Å². The molecule has 0 aliphatic rings.